The van der Waals surface area contributed by atoms with Crippen molar-refractivity contribution in [1.82, 2.24) is 0 Å². The number of anilines is 1. The van der Waals surface area contributed by atoms with Gasteiger partial charge < -0.3 is 5.32 Å². The molecule has 0 spiro atoms. The molecule has 0 amide bonds. The summed E-state index contributed by atoms with van der Waals surface area (Å²) in [6.07, 6.45) is 5.49. The molecule has 2 aromatic rings. The van der Waals surface area contributed by atoms with Crippen LogP contribution in [0.3, 0.4) is 0 Å². The minimum Gasteiger partial charge on any atom is -0.375 e. The molecular weight excluding hydrogens is 329 g/mol. The first kappa shape index (κ1) is 13.1. The van der Waals surface area contributed by atoms with E-state index < -0.39 is 0 Å². The molecule has 0 fully saturated rings. The number of allylic oxidation sites excluding steroid dienone is 2. The molecule has 0 radical (unpaired) electrons. The SMILES string of the molecule is Fc1cccc2c1N[C@@H](c1cccc(Br)c1)[C@H]1CC=C[C@@H]21. The summed E-state index contributed by atoms with van der Waals surface area (Å²) >= 11 is 3.53. The van der Waals surface area contributed by atoms with Crippen LogP contribution in [0.4, 0.5) is 10.1 Å². The van der Waals surface area contributed by atoms with Crippen molar-refractivity contribution < 1.29 is 4.39 Å². The molecule has 1 heterocycles. The van der Waals surface area contributed by atoms with E-state index in [2.05, 4.69) is 45.5 Å². The summed E-state index contributed by atoms with van der Waals surface area (Å²) in [5.74, 6) is 0.598. The summed E-state index contributed by atoms with van der Waals surface area (Å²) in [5.41, 5.74) is 2.95. The number of rotatable bonds is 1. The maximum atomic E-state index is 14.2. The summed E-state index contributed by atoms with van der Waals surface area (Å²) in [5, 5.41) is 3.44. The van der Waals surface area contributed by atoms with Gasteiger partial charge in [0, 0.05) is 10.4 Å². The Balaban J connectivity index is 1.83. The van der Waals surface area contributed by atoms with Gasteiger partial charge in [-0.3, -0.25) is 0 Å². The Kier molecular flexibility index (Phi) is 3.11. The third kappa shape index (κ3) is 2.11. The van der Waals surface area contributed by atoms with Gasteiger partial charge in [0.15, 0.2) is 0 Å². The van der Waals surface area contributed by atoms with Gasteiger partial charge in [-0.15, -0.1) is 0 Å². The van der Waals surface area contributed by atoms with E-state index in [4.69, 9.17) is 0 Å². The van der Waals surface area contributed by atoms with Crippen LogP contribution in [0.25, 0.3) is 0 Å². The lowest BCUT2D eigenvalue weighted by Gasteiger charge is -2.37. The number of benzene rings is 2. The van der Waals surface area contributed by atoms with Crippen LogP contribution in [0.2, 0.25) is 0 Å². The van der Waals surface area contributed by atoms with Crippen molar-refractivity contribution in [3.05, 3.63) is 76.0 Å². The second-order valence-electron chi connectivity index (χ2n) is 5.73. The number of fused-ring (bicyclic) bond motifs is 3. The van der Waals surface area contributed by atoms with Crippen LogP contribution in [0, 0.1) is 11.7 Å². The van der Waals surface area contributed by atoms with Crippen LogP contribution in [0.15, 0.2) is 59.1 Å². The highest BCUT2D eigenvalue weighted by Crippen LogP contribution is 2.50. The Morgan fingerprint density at radius 2 is 2.00 bits per heavy atom. The van der Waals surface area contributed by atoms with Gasteiger partial charge in [0.2, 0.25) is 0 Å². The average molecular weight is 344 g/mol. The molecule has 0 bridgehead atoms. The first-order chi connectivity index (χ1) is 10.2. The molecule has 2 aliphatic rings. The standard InChI is InChI=1S/C18H15BrFN/c19-12-5-1-4-11(10-12)17-14-7-2-6-13(14)15-8-3-9-16(20)18(15)21-17/h1-6,8-10,13-14,17,21H,7H2/t13-,14+,17+/m1/s1. The second kappa shape index (κ2) is 4.99. The zero-order chi connectivity index (χ0) is 14.4. The van der Waals surface area contributed by atoms with E-state index in [1.807, 2.05) is 18.2 Å². The van der Waals surface area contributed by atoms with E-state index >= 15 is 0 Å². The van der Waals surface area contributed by atoms with Crippen molar-refractivity contribution in [1.29, 1.82) is 0 Å². The van der Waals surface area contributed by atoms with Gasteiger partial charge in [-0.05, 0) is 41.7 Å². The zero-order valence-corrected chi connectivity index (χ0v) is 13.0. The van der Waals surface area contributed by atoms with E-state index in [0.717, 1.165) is 16.5 Å². The third-order valence-corrected chi connectivity index (χ3v) is 5.05. The predicted molar refractivity (Wildman–Crippen MR) is 86.9 cm³/mol. The van der Waals surface area contributed by atoms with E-state index in [9.17, 15) is 4.39 Å². The van der Waals surface area contributed by atoms with Gasteiger partial charge >= 0.3 is 0 Å². The Hall–Kier alpha value is -1.61. The summed E-state index contributed by atoms with van der Waals surface area (Å²) in [7, 11) is 0. The highest BCUT2D eigenvalue weighted by molar-refractivity contribution is 9.10. The van der Waals surface area contributed by atoms with Gasteiger partial charge in [0.1, 0.15) is 5.82 Å². The van der Waals surface area contributed by atoms with Crippen LogP contribution in [0.5, 0.6) is 0 Å². The van der Waals surface area contributed by atoms with E-state index in [-0.39, 0.29) is 11.9 Å². The predicted octanol–water partition coefficient (Wildman–Crippen LogP) is 5.41. The van der Waals surface area contributed by atoms with Gasteiger partial charge in [-0.1, -0.05) is 52.3 Å². The molecule has 1 N–H and O–H groups in total. The topological polar surface area (TPSA) is 12.0 Å². The van der Waals surface area contributed by atoms with Crippen molar-refractivity contribution in [2.45, 2.75) is 18.4 Å². The molecule has 0 aromatic heterocycles. The molecule has 3 heteroatoms. The Bertz CT molecular complexity index is 725. The van der Waals surface area contributed by atoms with Crippen molar-refractivity contribution in [3.8, 4) is 0 Å². The molecule has 1 aliphatic heterocycles. The van der Waals surface area contributed by atoms with Crippen LogP contribution >= 0.6 is 15.9 Å². The quantitative estimate of drug-likeness (QED) is 0.682. The molecule has 1 aliphatic carbocycles. The molecule has 3 atom stereocenters. The van der Waals surface area contributed by atoms with Gasteiger partial charge in [-0.25, -0.2) is 4.39 Å². The zero-order valence-electron chi connectivity index (χ0n) is 11.4. The Morgan fingerprint density at radius 1 is 1.14 bits per heavy atom. The normalized spacial score (nSPS) is 26.1. The van der Waals surface area contributed by atoms with E-state index in [0.29, 0.717) is 17.5 Å². The lowest BCUT2D eigenvalue weighted by molar-refractivity contribution is 0.420. The lowest BCUT2D eigenvalue weighted by atomic mass is 9.77. The molecule has 2 aromatic carbocycles. The summed E-state index contributed by atoms with van der Waals surface area (Å²) in [6, 6.07) is 13.8. The van der Waals surface area contributed by atoms with Crippen molar-refractivity contribution in [3.63, 3.8) is 0 Å². The largest absolute Gasteiger partial charge is 0.375 e. The van der Waals surface area contributed by atoms with Crippen LogP contribution < -0.4 is 5.32 Å². The highest BCUT2D eigenvalue weighted by atomic mass is 79.9. The number of para-hydroxylation sites is 1. The molecule has 4 rings (SSSR count). The van der Waals surface area contributed by atoms with Crippen molar-refractivity contribution in [2.75, 3.05) is 5.32 Å². The number of nitrogens with one attached hydrogen (secondary N) is 1. The molecule has 21 heavy (non-hydrogen) atoms. The monoisotopic (exact) mass is 343 g/mol. The van der Waals surface area contributed by atoms with Crippen molar-refractivity contribution >= 4 is 21.6 Å². The second-order valence-corrected chi connectivity index (χ2v) is 6.65. The fourth-order valence-electron chi connectivity index (χ4n) is 3.61. The van der Waals surface area contributed by atoms with Gasteiger partial charge in [0.05, 0.1) is 11.7 Å². The average Bonchev–Trinajstić information content (AvgIpc) is 2.96. The maximum absolute atomic E-state index is 14.2. The number of hydrogen-bond donors (Lipinski definition) is 1. The Labute approximate surface area is 132 Å². The summed E-state index contributed by atoms with van der Waals surface area (Å²) < 4.78 is 15.3. The fourth-order valence-corrected chi connectivity index (χ4v) is 4.03. The molecular formula is C18H15BrFN. The lowest BCUT2D eigenvalue weighted by Crippen LogP contribution is -2.29. The fraction of sp³-hybridized carbons (Fsp3) is 0.222. The Morgan fingerprint density at radius 3 is 2.86 bits per heavy atom. The summed E-state index contributed by atoms with van der Waals surface area (Å²) in [4.78, 5) is 0. The van der Waals surface area contributed by atoms with Crippen LogP contribution in [-0.4, -0.2) is 0 Å². The third-order valence-electron chi connectivity index (χ3n) is 4.55. The van der Waals surface area contributed by atoms with E-state index in [1.54, 1.807) is 6.07 Å². The smallest absolute Gasteiger partial charge is 0.146 e. The highest BCUT2D eigenvalue weighted by Gasteiger charge is 2.38. The minimum atomic E-state index is -0.161. The molecule has 1 nitrogen and oxygen atoms in total. The molecule has 0 unspecified atom stereocenters. The summed E-state index contributed by atoms with van der Waals surface area (Å²) in [6.45, 7) is 0. The molecule has 0 saturated carbocycles. The molecule has 0 saturated heterocycles. The van der Waals surface area contributed by atoms with Crippen LogP contribution in [0.1, 0.15) is 29.5 Å². The maximum Gasteiger partial charge on any atom is 0.146 e. The minimum absolute atomic E-state index is 0.145. The number of halogens is 2. The first-order valence-corrected chi connectivity index (χ1v) is 8.00. The molecule has 106 valence electrons. The van der Waals surface area contributed by atoms with E-state index in [1.165, 1.54) is 11.6 Å². The first-order valence-electron chi connectivity index (χ1n) is 7.21. The van der Waals surface area contributed by atoms with Gasteiger partial charge in [0.25, 0.3) is 0 Å². The van der Waals surface area contributed by atoms with Crippen molar-refractivity contribution in [2.24, 2.45) is 5.92 Å². The number of hydrogen-bond acceptors (Lipinski definition) is 1. The van der Waals surface area contributed by atoms with Crippen LogP contribution in [-0.2, 0) is 0 Å². The van der Waals surface area contributed by atoms with Gasteiger partial charge in [-0.2, -0.15) is 0 Å².